The van der Waals surface area contributed by atoms with E-state index in [2.05, 4.69) is 60.1 Å². The summed E-state index contributed by atoms with van der Waals surface area (Å²) in [6.45, 7) is 4.74. The Morgan fingerprint density at radius 1 is 0.361 bits per heavy atom. The average molecular weight is 1800 g/mol. The van der Waals surface area contributed by atoms with Crippen molar-refractivity contribution in [2.24, 2.45) is 4.99 Å². The van der Waals surface area contributed by atoms with Gasteiger partial charge >= 0.3 is 40.8 Å². The fourth-order valence-corrected chi connectivity index (χ4v) is 19.0. The number of nitrogens with zero attached hydrogens (tertiary/aromatic N) is 8. The molecule has 0 spiro atoms. The Kier molecular flexibility index (Phi) is 26.2. The number of nitrogens with one attached hydrogen (secondary N) is 8. The van der Waals surface area contributed by atoms with Gasteiger partial charge in [-0.3, -0.25) is 56.3 Å². The number of pyridine rings is 3. The number of fused-ring (bicyclic) bond motifs is 1. The predicted molar refractivity (Wildman–Crippen MR) is 471 cm³/mol. The monoisotopic (exact) mass is 1800 g/mol. The van der Waals surface area contributed by atoms with E-state index in [9.17, 15) is 61.6 Å². The number of hydrogen-bond acceptors (Lipinski definition) is 16. The number of aryl methyl sites for hydroxylation is 1. The standard InChI is InChI=1S/C23H19ClN4O3S.C21H19ClN4O3S.2C20H16ClFN4O3S/c24-20-10-7-17(14-19(20)22-13-16-3-1-2-4-21(16)27-22)26-23(29)15-5-8-18(9-6-15)28-12-11-25-32(28,30)31;1-14-8-9-23-20(12-14)18-13-16(4-7-19(18)22)25-21(27)15-2-5-17(6-3-15)26-11-10-24-30(26,28)29;21-18-7-4-15(11-17(18)19-8-3-14(22)12-23-19)25-20(27)13-1-5-16(6-2-13)26-10-9-24-30(26,28)29;21-18-6-3-15(12-17(18)19-11-14(22)7-8-23-19)25-20(27)13-1-4-16(5-2-13)26-10-9-24-30(26,28)29/h1-10,14,25H,11-13H2,(H,26,29);2-9,12-13,24H,10-11H2,1H3,(H,25,27);2*1-8,11-12,24H,9-10H2,(H,25,27). The summed E-state index contributed by atoms with van der Waals surface area (Å²) in [6, 6.07) is 62.6. The largest absolute Gasteiger partial charge is 0.322 e. The van der Waals surface area contributed by atoms with Gasteiger partial charge in [0.05, 0.1) is 72.5 Å². The van der Waals surface area contributed by atoms with Crippen LogP contribution < -0.4 is 57.4 Å². The number of aliphatic imine (C=N–C) groups is 1. The summed E-state index contributed by atoms with van der Waals surface area (Å²) in [6.07, 6.45) is 4.82. The summed E-state index contributed by atoms with van der Waals surface area (Å²) in [4.78, 5) is 67.8. The van der Waals surface area contributed by atoms with Gasteiger partial charge in [-0.25, -0.2) is 8.78 Å². The number of carbonyl (C=O) groups excluding carboxylic acids is 4. The number of rotatable bonds is 16. The van der Waals surface area contributed by atoms with E-state index in [-0.39, 0.29) is 23.6 Å². The Hall–Kier alpha value is -12.2. The lowest BCUT2D eigenvalue weighted by Gasteiger charge is -2.16. The number of halogens is 6. The van der Waals surface area contributed by atoms with Gasteiger partial charge in [0.15, 0.2) is 0 Å². The van der Waals surface area contributed by atoms with Crippen molar-refractivity contribution in [3.05, 3.63) is 320 Å². The Labute approximate surface area is 720 Å². The van der Waals surface area contributed by atoms with Gasteiger partial charge in [0.1, 0.15) is 11.6 Å². The average Bonchev–Trinajstić information content (AvgIpc) is 1.66. The van der Waals surface area contributed by atoms with Crippen LogP contribution in [0.2, 0.25) is 20.1 Å². The summed E-state index contributed by atoms with van der Waals surface area (Å²) in [5.74, 6) is -2.27. The molecular formula is C84H70Cl4F2N16O12S4. The maximum Gasteiger partial charge on any atom is 0.301 e. The van der Waals surface area contributed by atoms with Crippen molar-refractivity contribution >= 4 is 168 Å². The van der Waals surface area contributed by atoms with Gasteiger partial charge in [0, 0.05) is 150 Å². The first-order valence-electron chi connectivity index (χ1n) is 37.2. The molecule has 0 saturated carbocycles. The second-order valence-corrected chi connectivity index (χ2v) is 35.8. The van der Waals surface area contributed by atoms with Gasteiger partial charge in [0.2, 0.25) is 0 Å². The van der Waals surface area contributed by atoms with Crippen LogP contribution in [0, 0.1) is 18.6 Å². The molecule has 9 aromatic carbocycles. The first-order chi connectivity index (χ1) is 58.4. The molecule has 0 bridgehead atoms. The minimum atomic E-state index is -3.52. The van der Waals surface area contributed by atoms with Crippen molar-refractivity contribution in [1.82, 2.24) is 33.8 Å². The van der Waals surface area contributed by atoms with E-state index in [4.69, 9.17) is 46.4 Å². The van der Waals surface area contributed by atoms with Gasteiger partial charge in [-0.2, -0.15) is 52.6 Å². The van der Waals surface area contributed by atoms with E-state index >= 15 is 0 Å². The minimum absolute atomic E-state index is 0.302. The van der Waals surface area contributed by atoms with Crippen LogP contribution >= 0.6 is 46.4 Å². The molecule has 4 amide bonds. The molecule has 38 heteroatoms. The molecule has 0 aliphatic carbocycles. The summed E-state index contributed by atoms with van der Waals surface area (Å²) < 4.78 is 137. The molecule has 3 aromatic heterocycles. The van der Waals surface area contributed by atoms with Crippen molar-refractivity contribution in [3.8, 4) is 33.8 Å². The molecule has 28 nitrogen and oxygen atoms in total. The molecule has 8 N–H and O–H groups in total. The number of amides is 4. The van der Waals surface area contributed by atoms with E-state index in [1.807, 2.05) is 49.4 Å². The van der Waals surface area contributed by atoms with Crippen molar-refractivity contribution in [2.45, 2.75) is 13.3 Å². The zero-order valence-electron chi connectivity index (χ0n) is 63.9. The van der Waals surface area contributed by atoms with Crippen LogP contribution in [-0.4, -0.2) is 130 Å². The lowest BCUT2D eigenvalue weighted by atomic mass is 10.0. The van der Waals surface area contributed by atoms with Crippen LogP contribution in [0.15, 0.2) is 254 Å². The molecule has 5 aliphatic rings. The summed E-state index contributed by atoms with van der Waals surface area (Å²) in [5, 5.41) is 13.1. The maximum atomic E-state index is 13.5. The Bertz CT molecular complexity index is 6370. The molecular weight excluding hydrogens is 1730 g/mol. The molecule has 5 aliphatic heterocycles. The highest BCUT2D eigenvalue weighted by Gasteiger charge is 2.32. The topological polar surface area (TPSA) is 365 Å². The summed E-state index contributed by atoms with van der Waals surface area (Å²) >= 11 is 25.2. The third kappa shape index (κ3) is 20.5. The van der Waals surface area contributed by atoms with Gasteiger partial charge in [0.25, 0.3) is 23.6 Å². The zero-order chi connectivity index (χ0) is 86.2. The van der Waals surface area contributed by atoms with Crippen molar-refractivity contribution in [2.75, 3.05) is 90.8 Å². The summed E-state index contributed by atoms with van der Waals surface area (Å²) in [7, 11) is -14.0. The number of benzene rings is 9. The maximum absolute atomic E-state index is 13.5. The number of para-hydroxylation sites is 1. The van der Waals surface area contributed by atoms with Crippen LogP contribution in [0.25, 0.3) is 33.8 Å². The first kappa shape index (κ1) is 86.2. The highest BCUT2D eigenvalue weighted by molar-refractivity contribution is 7.92. The van der Waals surface area contributed by atoms with Gasteiger partial charge in [-0.05, 0) is 224 Å². The Balaban J connectivity index is 0.000000133. The van der Waals surface area contributed by atoms with Crippen molar-refractivity contribution < 1.29 is 61.6 Å². The van der Waals surface area contributed by atoms with Gasteiger partial charge in [-0.15, -0.1) is 0 Å². The number of hydrogen-bond donors (Lipinski definition) is 8. The second kappa shape index (κ2) is 37.0. The molecule has 17 rings (SSSR count). The van der Waals surface area contributed by atoms with E-state index < -0.39 is 52.5 Å². The van der Waals surface area contributed by atoms with E-state index in [0.29, 0.717) is 169 Å². The van der Waals surface area contributed by atoms with Crippen molar-refractivity contribution in [1.29, 1.82) is 0 Å². The third-order valence-corrected chi connectivity index (χ3v) is 26.7. The zero-order valence-corrected chi connectivity index (χ0v) is 70.2. The van der Waals surface area contributed by atoms with Gasteiger partial charge < -0.3 is 21.3 Å². The fraction of sp³-hybridized carbons (Fsp3) is 0.119. The lowest BCUT2D eigenvalue weighted by molar-refractivity contribution is 0.101. The highest BCUT2D eigenvalue weighted by atomic mass is 35.5. The Morgan fingerprint density at radius 3 is 1.02 bits per heavy atom. The third-order valence-electron chi connectivity index (χ3n) is 19.2. The van der Waals surface area contributed by atoms with E-state index in [0.717, 1.165) is 45.5 Å². The van der Waals surface area contributed by atoms with Crippen molar-refractivity contribution in [3.63, 3.8) is 0 Å². The Morgan fingerprint density at radius 2 is 0.697 bits per heavy atom. The smallest absolute Gasteiger partial charge is 0.301 e. The minimum Gasteiger partial charge on any atom is -0.322 e. The van der Waals surface area contributed by atoms with Crippen LogP contribution in [0.3, 0.4) is 0 Å². The number of aromatic nitrogens is 3. The molecule has 0 atom stereocenters. The molecule has 4 saturated heterocycles. The molecule has 624 valence electrons. The summed E-state index contributed by atoms with van der Waals surface area (Å²) in [5.41, 5.74) is 13.7. The quantitative estimate of drug-likeness (QED) is 0.0446. The molecule has 122 heavy (non-hydrogen) atoms. The van der Waals surface area contributed by atoms with Crippen LogP contribution in [0.1, 0.15) is 58.1 Å². The molecule has 0 radical (unpaired) electrons. The highest BCUT2D eigenvalue weighted by Crippen LogP contribution is 2.37. The van der Waals surface area contributed by atoms with Crippen LogP contribution in [0.4, 0.5) is 60.0 Å². The molecule has 4 fully saturated rings. The van der Waals surface area contributed by atoms with E-state index in [1.54, 1.807) is 170 Å². The first-order valence-corrected chi connectivity index (χ1v) is 44.4. The SMILES string of the molecule is Cc1ccnc(-c2cc(NC(=O)c3ccc(N4CCNS4(=O)=O)cc3)ccc2Cl)c1.O=C(Nc1ccc(Cl)c(-c2cc(F)ccn2)c1)c1ccc(N2CCNS2(=O)=O)cc1.O=C(Nc1ccc(Cl)c(-c2ccc(F)cn2)c1)c1ccc(N2CCNS2(=O)=O)cc1.O=C(Nc1ccc(Cl)c(C2=Nc3ccccc3C2)c1)c1ccc(N2CCNS2(=O)=O)cc1. The number of anilines is 8. The van der Waals surface area contributed by atoms with E-state index in [1.165, 1.54) is 47.7 Å². The normalized spacial score (nSPS) is 15.5. The van der Waals surface area contributed by atoms with Crippen LogP contribution in [-0.2, 0) is 47.3 Å². The number of carbonyl (C=O) groups is 4. The molecule has 8 heterocycles. The lowest BCUT2D eigenvalue weighted by Crippen LogP contribution is -2.29. The second-order valence-electron chi connectivity index (χ2n) is 27.5. The van der Waals surface area contributed by atoms with Gasteiger partial charge in [-0.1, -0.05) is 64.6 Å². The molecule has 0 unspecified atom stereocenters. The fourth-order valence-electron chi connectivity index (χ4n) is 13.2. The van der Waals surface area contributed by atoms with Crippen LogP contribution in [0.5, 0.6) is 0 Å². The molecule has 12 aromatic rings. The predicted octanol–water partition coefficient (Wildman–Crippen LogP) is 14.4.